The van der Waals surface area contributed by atoms with E-state index in [9.17, 15) is 5.11 Å². The highest BCUT2D eigenvalue weighted by Gasteiger charge is 2.15. The lowest BCUT2D eigenvalue weighted by atomic mass is 10.1. The van der Waals surface area contributed by atoms with Gasteiger partial charge in [0.2, 0.25) is 0 Å². The van der Waals surface area contributed by atoms with Crippen LogP contribution in [0.15, 0.2) is 16.5 Å². The number of furan rings is 1. The summed E-state index contributed by atoms with van der Waals surface area (Å²) in [6, 6.07) is 3.29. The predicted octanol–water partition coefficient (Wildman–Crippen LogP) is 1.22. The SMILES string of the molecule is CCc1ccc([C@@H](N)[C@H](C)O)o1. The van der Waals surface area contributed by atoms with Gasteiger partial charge in [-0.3, -0.25) is 0 Å². The minimum absolute atomic E-state index is 0.412. The molecular weight excluding hydrogens is 154 g/mol. The van der Waals surface area contributed by atoms with Crippen molar-refractivity contribution < 1.29 is 9.52 Å². The highest BCUT2D eigenvalue weighted by molar-refractivity contribution is 5.11. The first-order chi connectivity index (χ1) is 5.65. The normalized spacial score (nSPS) is 16.0. The Morgan fingerprint density at radius 2 is 2.25 bits per heavy atom. The molecule has 0 aliphatic carbocycles. The molecule has 3 heteroatoms. The molecule has 3 nitrogen and oxygen atoms in total. The van der Waals surface area contributed by atoms with Crippen molar-refractivity contribution in [2.24, 2.45) is 5.73 Å². The average molecular weight is 169 g/mol. The van der Waals surface area contributed by atoms with E-state index in [-0.39, 0.29) is 0 Å². The van der Waals surface area contributed by atoms with E-state index in [2.05, 4.69) is 0 Å². The summed E-state index contributed by atoms with van der Waals surface area (Å²) in [5.74, 6) is 1.56. The fraction of sp³-hybridized carbons (Fsp3) is 0.556. The quantitative estimate of drug-likeness (QED) is 0.715. The Balaban J connectivity index is 2.74. The molecule has 0 spiro atoms. The predicted molar refractivity (Wildman–Crippen MR) is 46.7 cm³/mol. The number of hydrogen-bond acceptors (Lipinski definition) is 3. The maximum atomic E-state index is 9.17. The molecule has 1 heterocycles. The Bertz CT molecular complexity index is 242. The number of nitrogens with two attached hydrogens (primary N) is 1. The third kappa shape index (κ3) is 1.87. The third-order valence-corrected chi connectivity index (χ3v) is 1.88. The molecule has 0 saturated heterocycles. The van der Waals surface area contributed by atoms with E-state index in [0.717, 1.165) is 12.2 Å². The summed E-state index contributed by atoms with van der Waals surface area (Å²) in [7, 11) is 0. The maximum Gasteiger partial charge on any atom is 0.123 e. The van der Waals surface area contributed by atoms with Gasteiger partial charge in [-0.15, -0.1) is 0 Å². The van der Waals surface area contributed by atoms with Gasteiger partial charge in [0.15, 0.2) is 0 Å². The van der Waals surface area contributed by atoms with Crippen LogP contribution in [0.2, 0.25) is 0 Å². The number of hydrogen-bond donors (Lipinski definition) is 2. The van der Waals surface area contributed by atoms with Crippen LogP contribution in [0.1, 0.15) is 31.4 Å². The van der Waals surface area contributed by atoms with Gasteiger partial charge in [0.05, 0.1) is 12.1 Å². The Kier molecular flexibility index (Phi) is 2.89. The molecule has 0 aliphatic rings. The zero-order chi connectivity index (χ0) is 9.14. The second-order valence-corrected chi connectivity index (χ2v) is 2.92. The van der Waals surface area contributed by atoms with Gasteiger partial charge in [-0.2, -0.15) is 0 Å². The first-order valence-electron chi connectivity index (χ1n) is 4.17. The number of aliphatic hydroxyl groups excluding tert-OH is 1. The van der Waals surface area contributed by atoms with Crippen LogP contribution in [0, 0.1) is 0 Å². The fourth-order valence-corrected chi connectivity index (χ4v) is 1.00. The monoisotopic (exact) mass is 169 g/mol. The second kappa shape index (κ2) is 3.74. The van der Waals surface area contributed by atoms with Crippen molar-refractivity contribution in [3.8, 4) is 0 Å². The van der Waals surface area contributed by atoms with E-state index in [1.165, 1.54) is 0 Å². The molecule has 12 heavy (non-hydrogen) atoms. The molecule has 3 N–H and O–H groups in total. The third-order valence-electron chi connectivity index (χ3n) is 1.88. The molecule has 0 bridgehead atoms. The largest absolute Gasteiger partial charge is 0.464 e. The van der Waals surface area contributed by atoms with Gasteiger partial charge in [0.1, 0.15) is 11.5 Å². The van der Waals surface area contributed by atoms with Crippen LogP contribution >= 0.6 is 0 Å². The molecule has 0 fully saturated rings. The van der Waals surface area contributed by atoms with E-state index >= 15 is 0 Å². The first kappa shape index (κ1) is 9.29. The van der Waals surface area contributed by atoms with Crippen LogP contribution in [0.3, 0.4) is 0 Å². The van der Waals surface area contributed by atoms with Crippen LogP contribution in [-0.2, 0) is 6.42 Å². The van der Waals surface area contributed by atoms with Crippen molar-refractivity contribution >= 4 is 0 Å². The Morgan fingerprint density at radius 1 is 1.58 bits per heavy atom. The summed E-state index contributed by atoms with van der Waals surface area (Å²) in [5.41, 5.74) is 5.66. The zero-order valence-corrected chi connectivity index (χ0v) is 7.45. The molecule has 2 atom stereocenters. The summed E-state index contributed by atoms with van der Waals surface area (Å²) in [5, 5.41) is 9.17. The van der Waals surface area contributed by atoms with Crippen LogP contribution in [0.5, 0.6) is 0 Å². The molecule has 0 unspecified atom stereocenters. The molecule has 1 aromatic rings. The van der Waals surface area contributed by atoms with Gasteiger partial charge in [-0.25, -0.2) is 0 Å². The molecule has 0 amide bonds. The van der Waals surface area contributed by atoms with Crippen molar-refractivity contribution in [1.82, 2.24) is 0 Å². The van der Waals surface area contributed by atoms with Crippen molar-refractivity contribution in [1.29, 1.82) is 0 Å². The van der Waals surface area contributed by atoms with E-state index in [0.29, 0.717) is 5.76 Å². The van der Waals surface area contributed by atoms with E-state index in [1.807, 2.05) is 19.1 Å². The minimum atomic E-state index is -0.569. The van der Waals surface area contributed by atoms with Gasteiger partial charge in [0.25, 0.3) is 0 Å². The zero-order valence-electron chi connectivity index (χ0n) is 7.45. The number of aliphatic hydroxyl groups is 1. The van der Waals surface area contributed by atoms with E-state index in [1.54, 1.807) is 6.92 Å². The molecule has 0 radical (unpaired) electrons. The molecule has 68 valence electrons. The van der Waals surface area contributed by atoms with Crippen molar-refractivity contribution in [3.63, 3.8) is 0 Å². The van der Waals surface area contributed by atoms with Gasteiger partial charge >= 0.3 is 0 Å². The lowest BCUT2D eigenvalue weighted by molar-refractivity contribution is 0.152. The first-order valence-corrected chi connectivity index (χ1v) is 4.17. The molecule has 0 aliphatic heterocycles. The Labute approximate surface area is 72.2 Å². The summed E-state index contributed by atoms with van der Waals surface area (Å²) in [6.07, 6.45) is 0.285. The molecule has 0 aromatic carbocycles. The van der Waals surface area contributed by atoms with Crippen LogP contribution < -0.4 is 5.73 Å². The summed E-state index contributed by atoms with van der Waals surface area (Å²) in [4.78, 5) is 0. The van der Waals surface area contributed by atoms with E-state index < -0.39 is 12.1 Å². The fourth-order valence-electron chi connectivity index (χ4n) is 1.00. The minimum Gasteiger partial charge on any atom is -0.464 e. The summed E-state index contributed by atoms with van der Waals surface area (Å²) >= 11 is 0. The van der Waals surface area contributed by atoms with Crippen molar-refractivity contribution in [3.05, 3.63) is 23.7 Å². The number of rotatable bonds is 3. The standard InChI is InChI=1S/C9H15NO2/c1-3-7-4-5-8(12-7)9(10)6(2)11/h4-6,9,11H,3,10H2,1-2H3/t6-,9-/m0/s1. The average Bonchev–Trinajstić information content (AvgIpc) is 2.50. The second-order valence-electron chi connectivity index (χ2n) is 2.92. The van der Waals surface area contributed by atoms with Crippen molar-refractivity contribution in [2.75, 3.05) is 0 Å². The molecule has 1 aromatic heterocycles. The van der Waals surface area contributed by atoms with Gasteiger partial charge in [-0.1, -0.05) is 6.92 Å². The molecular formula is C9H15NO2. The van der Waals surface area contributed by atoms with Crippen LogP contribution in [0.4, 0.5) is 0 Å². The molecule has 1 rings (SSSR count). The maximum absolute atomic E-state index is 9.17. The van der Waals surface area contributed by atoms with Gasteiger partial charge in [-0.05, 0) is 19.1 Å². The highest BCUT2D eigenvalue weighted by Crippen LogP contribution is 2.17. The Hall–Kier alpha value is -0.800. The van der Waals surface area contributed by atoms with E-state index in [4.69, 9.17) is 10.2 Å². The van der Waals surface area contributed by atoms with Gasteiger partial charge in [0, 0.05) is 6.42 Å². The van der Waals surface area contributed by atoms with Crippen LogP contribution in [-0.4, -0.2) is 11.2 Å². The highest BCUT2D eigenvalue weighted by atomic mass is 16.3. The van der Waals surface area contributed by atoms with Crippen molar-refractivity contribution in [2.45, 2.75) is 32.4 Å². The lowest BCUT2D eigenvalue weighted by Crippen LogP contribution is -2.22. The summed E-state index contributed by atoms with van der Waals surface area (Å²) in [6.45, 7) is 3.66. The van der Waals surface area contributed by atoms with Crippen LogP contribution in [0.25, 0.3) is 0 Å². The smallest absolute Gasteiger partial charge is 0.123 e. The van der Waals surface area contributed by atoms with Gasteiger partial charge < -0.3 is 15.3 Å². The topological polar surface area (TPSA) is 59.4 Å². The molecule has 0 saturated carbocycles. The Morgan fingerprint density at radius 3 is 2.67 bits per heavy atom. The number of aryl methyl sites for hydroxylation is 1. The summed E-state index contributed by atoms with van der Waals surface area (Å²) < 4.78 is 5.37. The lowest BCUT2D eigenvalue weighted by Gasteiger charge is -2.10.